The van der Waals surface area contributed by atoms with Gasteiger partial charge in [0.15, 0.2) is 0 Å². The Morgan fingerprint density at radius 1 is 1.78 bits per heavy atom. The summed E-state index contributed by atoms with van der Waals surface area (Å²) >= 11 is 0. The first-order valence-corrected chi connectivity index (χ1v) is 3.01. The molecule has 1 heterocycles. The Morgan fingerprint density at radius 2 is 2.56 bits per heavy atom. The zero-order valence-electron chi connectivity index (χ0n) is 5.05. The number of hydrogen-bond acceptors (Lipinski definition) is 2. The van der Waals surface area contributed by atoms with Crippen LogP contribution in [0.5, 0.6) is 0 Å². The molecule has 0 N–H and O–H groups in total. The van der Waals surface area contributed by atoms with Gasteiger partial charge in [-0.05, 0) is 6.42 Å². The van der Waals surface area contributed by atoms with Crippen molar-refractivity contribution in [3.63, 3.8) is 0 Å². The van der Waals surface area contributed by atoms with E-state index in [0.29, 0.717) is 19.3 Å². The van der Waals surface area contributed by atoms with Gasteiger partial charge in [0, 0.05) is 12.5 Å². The summed E-state index contributed by atoms with van der Waals surface area (Å²) in [6, 6.07) is 0. The lowest BCUT2D eigenvalue weighted by molar-refractivity contribution is -0.117. The molecule has 0 amide bonds. The fourth-order valence-corrected chi connectivity index (χ4v) is 0.971. The van der Waals surface area contributed by atoms with Crippen molar-refractivity contribution in [3.8, 4) is 0 Å². The van der Waals surface area contributed by atoms with E-state index in [1.54, 1.807) is 0 Å². The molecule has 0 bridgehead atoms. The fourth-order valence-electron chi connectivity index (χ4n) is 0.971. The van der Waals surface area contributed by atoms with E-state index in [2.05, 4.69) is 0 Å². The Balaban J connectivity index is 2.41. The number of hydrogen-bond donors (Lipinski definition) is 0. The maximum atomic E-state index is 11.9. The van der Waals surface area contributed by atoms with Gasteiger partial charge in [0.25, 0.3) is 0 Å². The van der Waals surface area contributed by atoms with Crippen LogP contribution in [0.25, 0.3) is 0 Å². The van der Waals surface area contributed by atoms with Gasteiger partial charge in [0.05, 0.1) is 6.67 Å². The van der Waals surface area contributed by atoms with E-state index in [-0.39, 0.29) is 5.92 Å². The van der Waals surface area contributed by atoms with Crippen molar-refractivity contribution in [1.82, 2.24) is 0 Å². The lowest BCUT2D eigenvalue weighted by Crippen LogP contribution is -2.18. The molecule has 3 heteroatoms. The highest BCUT2D eigenvalue weighted by Gasteiger charge is 2.27. The second kappa shape index (κ2) is 2.92. The molecule has 0 aromatic heterocycles. The van der Waals surface area contributed by atoms with E-state index in [4.69, 9.17) is 4.74 Å². The van der Waals surface area contributed by atoms with Crippen LogP contribution in [0.3, 0.4) is 0 Å². The Kier molecular flexibility index (Phi) is 2.16. The molecule has 1 aliphatic rings. The van der Waals surface area contributed by atoms with E-state index in [9.17, 15) is 9.18 Å². The quantitative estimate of drug-likeness (QED) is 0.513. The summed E-state index contributed by atoms with van der Waals surface area (Å²) in [6.07, 6.45) is 0.881. The number of carbonyl (C=O) groups is 1. The molecule has 9 heavy (non-hydrogen) atoms. The lowest BCUT2D eigenvalue weighted by atomic mass is 10.1. The van der Waals surface area contributed by atoms with Gasteiger partial charge in [-0.3, -0.25) is 4.39 Å². The van der Waals surface area contributed by atoms with Crippen LogP contribution in [0, 0.1) is 5.92 Å². The van der Waals surface area contributed by atoms with Crippen molar-refractivity contribution < 1.29 is 13.9 Å². The molecule has 1 aliphatic heterocycles. The maximum absolute atomic E-state index is 11.9. The first-order chi connectivity index (χ1) is 4.38. The van der Waals surface area contributed by atoms with Crippen LogP contribution in [-0.2, 0) is 9.53 Å². The summed E-state index contributed by atoms with van der Waals surface area (Å²) < 4.78 is 16.8. The summed E-state index contributed by atoms with van der Waals surface area (Å²) in [5.74, 6) is -0.178. The normalized spacial score (nSPS) is 34.8. The van der Waals surface area contributed by atoms with Crippen LogP contribution in [-0.4, -0.2) is 25.7 Å². The first-order valence-electron chi connectivity index (χ1n) is 3.01. The SMILES string of the molecule is O=CC1OCCC1CF. The second-order valence-electron chi connectivity index (χ2n) is 2.17. The third-order valence-corrected chi connectivity index (χ3v) is 1.60. The number of alkyl halides is 1. The number of ether oxygens (including phenoxy) is 1. The summed E-state index contributed by atoms with van der Waals surface area (Å²) in [5, 5.41) is 0. The van der Waals surface area contributed by atoms with Gasteiger partial charge in [0.1, 0.15) is 12.4 Å². The average Bonchev–Trinajstić information content (AvgIpc) is 2.33. The van der Waals surface area contributed by atoms with Crippen molar-refractivity contribution in [3.05, 3.63) is 0 Å². The number of carbonyl (C=O) groups excluding carboxylic acids is 1. The fraction of sp³-hybridized carbons (Fsp3) is 0.833. The van der Waals surface area contributed by atoms with Crippen LogP contribution < -0.4 is 0 Å². The van der Waals surface area contributed by atoms with E-state index in [1.165, 1.54) is 0 Å². The molecule has 1 saturated heterocycles. The molecule has 2 nitrogen and oxygen atoms in total. The largest absolute Gasteiger partial charge is 0.370 e. The van der Waals surface area contributed by atoms with Crippen LogP contribution in [0.2, 0.25) is 0 Å². The predicted molar refractivity (Wildman–Crippen MR) is 29.9 cm³/mol. The molecular weight excluding hydrogens is 123 g/mol. The summed E-state index contributed by atoms with van der Waals surface area (Å²) in [7, 11) is 0. The first kappa shape index (κ1) is 6.68. The summed E-state index contributed by atoms with van der Waals surface area (Å²) in [4.78, 5) is 10.1. The number of halogens is 1. The molecule has 0 aliphatic carbocycles. The summed E-state index contributed by atoms with van der Waals surface area (Å²) in [6.45, 7) is 0.0847. The molecule has 2 atom stereocenters. The van der Waals surface area contributed by atoms with E-state index < -0.39 is 12.8 Å². The average molecular weight is 132 g/mol. The molecule has 2 unspecified atom stereocenters. The molecule has 52 valence electrons. The van der Waals surface area contributed by atoms with Crippen LogP contribution in [0.1, 0.15) is 6.42 Å². The lowest BCUT2D eigenvalue weighted by Gasteiger charge is -2.05. The molecule has 0 radical (unpaired) electrons. The van der Waals surface area contributed by atoms with Gasteiger partial charge >= 0.3 is 0 Å². The Morgan fingerprint density at radius 3 is 3.00 bits per heavy atom. The van der Waals surface area contributed by atoms with Crippen LogP contribution in [0.15, 0.2) is 0 Å². The highest BCUT2D eigenvalue weighted by atomic mass is 19.1. The Hall–Kier alpha value is -0.440. The predicted octanol–water partition coefficient (Wildman–Crippen LogP) is 0.560. The zero-order chi connectivity index (χ0) is 6.69. The Bertz CT molecular complexity index is 105. The third kappa shape index (κ3) is 1.27. The van der Waals surface area contributed by atoms with Gasteiger partial charge < -0.3 is 9.53 Å². The van der Waals surface area contributed by atoms with Gasteiger partial charge in [-0.25, -0.2) is 0 Å². The van der Waals surface area contributed by atoms with Crippen molar-refractivity contribution in [2.45, 2.75) is 12.5 Å². The van der Waals surface area contributed by atoms with Gasteiger partial charge in [-0.15, -0.1) is 0 Å². The second-order valence-corrected chi connectivity index (χ2v) is 2.17. The smallest absolute Gasteiger partial charge is 0.149 e. The molecule has 0 spiro atoms. The van der Waals surface area contributed by atoms with Crippen molar-refractivity contribution in [2.24, 2.45) is 5.92 Å². The molecular formula is C6H9FO2. The van der Waals surface area contributed by atoms with E-state index in [1.807, 2.05) is 0 Å². The minimum Gasteiger partial charge on any atom is -0.370 e. The molecule has 0 aromatic rings. The number of aldehydes is 1. The van der Waals surface area contributed by atoms with Gasteiger partial charge in [-0.2, -0.15) is 0 Å². The highest BCUT2D eigenvalue weighted by Crippen LogP contribution is 2.19. The minimum atomic E-state index is -0.477. The standard InChI is InChI=1S/C6H9FO2/c7-3-5-1-2-9-6(5)4-8/h4-6H,1-3H2. The molecule has 0 saturated carbocycles. The van der Waals surface area contributed by atoms with Crippen LogP contribution >= 0.6 is 0 Å². The van der Waals surface area contributed by atoms with Gasteiger partial charge in [0.2, 0.25) is 0 Å². The maximum Gasteiger partial charge on any atom is 0.149 e. The zero-order valence-corrected chi connectivity index (χ0v) is 5.05. The van der Waals surface area contributed by atoms with Gasteiger partial charge in [-0.1, -0.05) is 0 Å². The highest BCUT2D eigenvalue weighted by molar-refractivity contribution is 5.57. The van der Waals surface area contributed by atoms with Crippen LogP contribution in [0.4, 0.5) is 4.39 Å². The minimum absolute atomic E-state index is 0.178. The van der Waals surface area contributed by atoms with E-state index in [0.717, 1.165) is 0 Å². The van der Waals surface area contributed by atoms with E-state index >= 15 is 0 Å². The summed E-state index contributed by atoms with van der Waals surface area (Å²) in [5.41, 5.74) is 0. The van der Waals surface area contributed by atoms with Crippen molar-refractivity contribution in [2.75, 3.05) is 13.3 Å². The topological polar surface area (TPSA) is 26.3 Å². The molecule has 1 rings (SSSR count). The molecule has 1 fully saturated rings. The number of rotatable bonds is 2. The monoisotopic (exact) mass is 132 g/mol. The third-order valence-electron chi connectivity index (χ3n) is 1.60. The van der Waals surface area contributed by atoms with Crippen molar-refractivity contribution in [1.29, 1.82) is 0 Å². The van der Waals surface area contributed by atoms with Crippen molar-refractivity contribution >= 4 is 6.29 Å². The Labute approximate surface area is 53.0 Å². The molecule has 0 aromatic carbocycles.